The molecule has 0 aliphatic heterocycles. The van der Waals surface area contributed by atoms with Crippen LogP contribution in [0.2, 0.25) is 0 Å². The zero-order valence-electron chi connectivity index (χ0n) is 17.7. The second-order valence-corrected chi connectivity index (χ2v) is 7.34. The van der Waals surface area contributed by atoms with E-state index in [1.165, 1.54) is 4.90 Å². The van der Waals surface area contributed by atoms with Gasteiger partial charge in [-0.05, 0) is 42.3 Å². The van der Waals surface area contributed by atoms with Crippen molar-refractivity contribution >= 4 is 29.3 Å². The molecule has 164 valence electrons. The Morgan fingerprint density at radius 1 is 0.906 bits per heavy atom. The van der Waals surface area contributed by atoms with Gasteiger partial charge in [-0.1, -0.05) is 60.7 Å². The van der Waals surface area contributed by atoms with Crippen molar-refractivity contribution in [2.45, 2.75) is 19.4 Å². The zero-order valence-corrected chi connectivity index (χ0v) is 17.7. The number of carboxylic acid groups (broad SMARTS) is 1. The molecular formula is C25H25N3O4. The highest BCUT2D eigenvalue weighted by Crippen LogP contribution is 2.22. The molecule has 7 heteroatoms. The minimum Gasteiger partial charge on any atom is -0.480 e. The van der Waals surface area contributed by atoms with Gasteiger partial charge in [0, 0.05) is 11.4 Å². The van der Waals surface area contributed by atoms with Gasteiger partial charge in [-0.15, -0.1) is 0 Å². The van der Waals surface area contributed by atoms with Crippen LogP contribution in [0.25, 0.3) is 0 Å². The number of carbonyl (C=O) groups excluding carboxylic acids is 2. The highest BCUT2D eigenvalue weighted by molar-refractivity contribution is 5.98. The lowest BCUT2D eigenvalue weighted by atomic mass is 10.0. The Kier molecular flexibility index (Phi) is 7.59. The lowest BCUT2D eigenvalue weighted by molar-refractivity contribution is -0.136. The summed E-state index contributed by atoms with van der Waals surface area (Å²) in [4.78, 5) is 38.4. The van der Waals surface area contributed by atoms with Crippen molar-refractivity contribution < 1.29 is 19.5 Å². The van der Waals surface area contributed by atoms with Gasteiger partial charge in [0.15, 0.2) is 0 Å². The molecular weight excluding hydrogens is 406 g/mol. The zero-order chi connectivity index (χ0) is 22.9. The summed E-state index contributed by atoms with van der Waals surface area (Å²) in [6.07, 6.45) is -0.104. The smallest absolute Gasteiger partial charge is 0.323 e. The third-order valence-electron chi connectivity index (χ3n) is 4.82. The van der Waals surface area contributed by atoms with Gasteiger partial charge in [0.25, 0.3) is 0 Å². The van der Waals surface area contributed by atoms with Gasteiger partial charge in [0.1, 0.15) is 6.54 Å². The SMILES string of the molecule is Cc1cccc(NC(=O)NC(CC(=O)N(CC(=O)O)c2ccccc2)c2ccccc2)c1. The molecule has 3 aromatic rings. The van der Waals surface area contributed by atoms with Crippen molar-refractivity contribution in [3.8, 4) is 0 Å². The number of hydrogen-bond acceptors (Lipinski definition) is 3. The van der Waals surface area contributed by atoms with E-state index in [9.17, 15) is 19.5 Å². The second kappa shape index (κ2) is 10.8. The molecule has 32 heavy (non-hydrogen) atoms. The lowest BCUT2D eigenvalue weighted by Crippen LogP contribution is -2.40. The van der Waals surface area contributed by atoms with Crippen LogP contribution in [-0.2, 0) is 9.59 Å². The summed E-state index contributed by atoms with van der Waals surface area (Å²) in [5.41, 5.74) is 2.86. The van der Waals surface area contributed by atoms with Gasteiger partial charge >= 0.3 is 12.0 Å². The number of rotatable bonds is 8. The van der Waals surface area contributed by atoms with Crippen LogP contribution in [0.5, 0.6) is 0 Å². The molecule has 0 saturated heterocycles. The maximum atomic E-state index is 13.1. The van der Waals surface area contributed by atoms with Gasteiger partial charge in [-0.25, -0.2) is 4.79 Å². The molecule has 1 unspecified atom stereocenters. The van der Waals surface area contributed by atoms with Crippen LogP contribution >= 0.6 is 0 Å². The number of anilines is 2. The van der Waals surface area contributed by atoms with Crippen molar-refractivity contribution in [1.82, 2.24) is 5.32 Å². The molecule has 3 N–H and O–H groups in total. The number of aliphatic carboxylic acids is 1. The van der Waals surface area contributed by atoms with E-state index in [0.717, 1.165) is 11.1 Å². The maximum absolute atomic E-state index is 13.1. The lowest BCUT2D eigenvalue weighted by Gasteiger charge is -2.25. The van der Waals surface area contributed by atoms with Crippen molar-refractivity contribution in [3.63, 3.8) is 0 Å². The second-order valence-electron chi connectivity index (χ2n) is 7.34. The molecule has 3 amide bonds. The average Bonchev–Trinajstić information content (AvgIpc) is 2.78. The number of benzene rings is 3. The van der Waals surface area contributed by atoms with Crippen LogP contribution in [0.1, 0.15) is 23.6 Å². The number of para-hydroxylation sites is 1. The van der Waals surface area contributed by atoms with Gasteiger partial charge in [-0.2, -0.15) is 0 Å². The van der Waals surface area contributed by atoms with Crippen LogP contribution in [0, 0.1) is 6.92 Å². The molecule has 0 bridgehead atoms. The standard InChI is InChI=1S/C25H25N3O4/c1-18-9-8-12-20(15-18)26-25(32)27-22(19-10-4-2-5-11-19)16-23(29)28(17-24(30)31)21-13-6-3-7-14-21/h2-15,22H,16-17H2,1H3,(H,30,31)(H2,26,27,32). The van der Waals surface area contributed by atoms with E-state index in [0.29, 0.717) is 11.4 Å². The van der Waals surface area contributed by atoms with Crippen molar-refractivity contribution in [2.75, 3.05) is 16.8 Å². The summed E-state index contributed by atoms with van der Waals surface area (Å²) >= 11 is 0. The first-order valence-electron chi connectivity index (χ1n) is 10.2. The molecule has 0 radical (unpaired) electrons. The Labute approximate surface area is 186 Å². The van der Waals surface area contributed by atoms with E-state index in [2.05, 4.69) is 10.6 Å². The summed E-state index contributed by atoms with van der Waals surface area (Å²) in [7, 11) is 0. The van der Waals surface area contributed by atoms with Gasteiger partial charge < -0.3 is 20.6 Å². The first kappa shape index (κ1) is 22.6. The predicted octanol–water partition coefficient (Wildman–Crippen LogP) is 4.37. The van der Waals surface area contributed by atoms with Crippen molar-refractivity contribution in [2.24, 2.45) is 0 Å². The molecule has 0 spiro atoms. The first-order chi connectivity index (χ1) is 15.4. The Balaban J connectivity index is 1.79. The van der Waals surface area contributed by atoms with Gasteiger partial charge in [0.05, 0.1) is 12.5 Å². The molecule has 3 rings (SSSR count). The molecule has 0 heterocycles. The average molecular weight is 431 g/mol. The Morgan fingerprint density at radius 3 is 2.19 bits per heavy atom. The summed E-state index contributed by atoms with van der Waals surface area (Å²) in [6.45, 7) is 1.45. The summed E-state index contributed by atoms with van der Waals surface area (Å²) in [6, 6.07) is 24.0. The number of urea groups is 1. The maximum Gasteiger partial charge on any atom is 0.323 e. The van der Waals surface area contributed by atoms with E-state index < -0.39 is 30.5 Å². The monoisotopic (exact) mass is 431 g/mol. The Morgan fingerprint density at radius 2 is 1.56 bits per heavy atom. The summed E-state index contributed by atoms with van der Waals surface area (Å²) in [5.74, 6) is -1.54. The Bertz CT molecular complexity index is 1070. The third-order valence-corrected chi connectivity index (χ3v) is 4.82. The minimum atomic E-state index is -1.12. The molecule has 1 atom stereocenters. The predicted molar refractivity (Wildman–Crippen MR) is 124 cm³/mol. The molecule has 0 aliphatic rings. The quantitative estimate of drug-likeness (QED) is 0.493. The number of amides is 3. The molecule has 0 fully saturated rings. The van der Waals surface area contributed by atoms with Crippen molar-refractivity contribution in [1.29, 1.82) is 0 Å². The Hall–Kier alpha value is -4.13. The topological polar surface area (TPSA) is 98.7 Å². The van der Waals surface area contributed by atoms with E-state index >= 15 is 0 Å². The largest absolute Gasteiger partial charge is 0.480 e. The number of aryl methyl sites for hydroxylation is 1. The van der Waals surface area contributed by atoms with Crippen LogP contribution < -0.4 is 15.5 Å². The first-order valence-corrected chi connectivity index (χ1v) is 10.2. The van der Waals surface area contributed by atoms with Crippen LogP contribution in [0.3, 0.4) is 0 Å². The van der Waals surface area contributed by atoms with Crippen LogP contribution in [0.4, 0.5) is 16.2 Å². The minimum absolute atomic E-state index is 0.104. The fourth-order valence-corrected chi connectivity index (χ4v) is 3.34. The number of nitrogens with one attached hydrogen (secondary N) is 2. The van der Waals surface area contributed by atoms with E-state index in [-0.39, 0.29) is 6.42 Å². The molecule has 0 aliphatic carbocycles. The van der Waals surface area contributed by atoms with Crippen LogP contribution in [0.15, 0.2) is 84.9 Å². The number of hydrogen-bond donors (Lipinski definition) is 3. The van der Waals surface area contributed by atoms with Gasteiger partial charge in [-0.3, -0.25) is 9.59 Å². The number of carboxylic acids is 1. The van der Waals surface area contributed by atoms with E-state index in [4.69, 9.17) is 0 Å². The van der Waals surface area contributed by atoms with Crippen molar-refractivity contribution in [3.05, 3.63) is 96.1 Å². The highest BCUT2D eigenvalue weighted by atomic mass is 16.4. The fraction of sp³-hybridized carbons (Fsp3) is 0.160. The van der Waals surface area contributed by atoms with Crippen LogP contribution in [-0.4, -0.2) is 29.6 Å². The summed E-state index contributed by atoms with van der Waals surface area (Å²) < 4.78 is 0. The van der Waals surface area contributed by atoms with E-state index in [1.807, 2.05) is 55.5 Å². The highest BCUT2D eigenvalue weighted by Gasteiger charge is 2.24. The normalized spacial score (nSPS) is 11.3. The molecule has 7 nitrogen and oxygen atoms in total. The fourth-order valence-electron chi connectivity index (χ4n) is 3.34. The molecule has 0 aromatic heterocycles. The molecule has 3 aromatic carbocycles. The van der Waals surface area contributed by atoms with E-state index in [1.54, 1.807) is 36.4 Å². The molecule has 0 saturated carbocycles. The third kappa shape index (κ3) is 6.43. The summed E-state index contributed by atoms with van der Waals surface area (Å²) in [5, 5.41) is 14.9. The number of nitrogens with zero attached hydrogens (tertiary/aromatic N) is 1. The van der Waals surface area contributed by atoms with Gasteiger partial charge in [0.2, 0.25) is 5.91 Å². The number of carbonyl (C=O) groups is 3.